The van der Waals surface area contributed by atoms with Crippen molar-refractivity contribution in [2.24, 2.45) is 0 Å². The van der Waals surface area contributed by atoms with Crippen molar-refractivity contribution in [3.63, 3.8) is 0 Å². The fourth-order valence-electron chi connectivity index (χ4n) is 4.89. The number of hydrogen-bond acceptors (Lipinski definition) is 12. The number of methoxy groups -OCH3 is 4. The number of pyridine rings is 1. The summed E-state index contributed by atoms with van der Waals surface area (Å²) >= 11 is 0. The Balaban J connectivity index is 1.60. The van der Waals surface area contributed by atoms with E-state index in [1.165, 1.54) is 25.9 Å². The third-order valence-corrected chi connectivity index (χ3v) is 8.99. The molecular formula is C28H34N8O6S. The summed E-state index contributed by atoms with van der Waals surface area (Å²) in [6.07, 6.45) is 3.34. The molecule has 0 saturated carbocycles. The Morgan fingerprint density at radius 2 is 1.58 bits per heavy atom. The van der Waals surface area contributed by atoms with E-state index in [2.05, 4.69) is 29.9 Å². The number of sulfonamides is 1. The summed E-state index contributed by atoms with van der Waals surface area (Å²) in [5.74, 6) is 1.68. The molecule has 15 heteroatoms. The summed E-state index contributed by atoms with van der Waals surface area (Å²) in [6.45, 7) is 4.57. The lowest BCUT2D eigenvalue weighted by Gasteiger charge is -2.44. The third-order valence-electron chi connectivity index (χ3n) is 7.29. The van der Waals surface area contributed by atoms with E-state index in [-0.39, 0.29) is 17.9 Å². The largest absolute Gasteiger partial charge is 0.494 e. The Morgan fingerprint density at radius 3 is 2.19 bits per heavy atom. The lowest BCUT2D eigenvalue weighted by molar-refractivity contribution is -0.0530. The van der Waals surface area contributed by atoms with Gasteiger partial charge in [0.05, 0.1) is 33.5 Å². The van der Waals surface area contributed by atoms with Crippen LogP contribution in [0.15, 0.2) is 48.8 Å². The fourth-order valence-corrected chi connectivity index (χ4v) is 6.10. The molecule has 0 amide bonds. The third kappa shape index (κ3) is 5.96. The normalized spacial score (nSPS) is 15.4. The topological polar surface area (TPSA) is 156 Å². The van der Waals surface area contributed by atoms with Crippen molar-refractivity contribution in [1.29, 1.82) is 0 Å². The predicted octanol–water partition coefficient (Wildman–Crippen LogP) is 2.66. The standard InChI is InChI=1S/C28H34N8O6S/c1-17-13-29-26(30-14-17)24(35-15-19(16-35)39-3)18(2)43(37,38)34-28-33-32-27(20-9-7-12-23(31-20)42-6)36(28)25-21(40-4)10-8-11-22(25)41-5/h7-14,18-19,24H,15-16H2,1-6H3,(H,33,34)/t18-,24?/m1/s1. The Hall–Kier alpha value is -4.34. The number of likely N-dealkylation sites (tertiary alicyclic amines) is 1. The van der Waals surface area contributed by atoms with Gasteiger partial charge in [0.1, 0.15) is 34.0 Å². The maximum Gasteiger partial charge on any atom is 0.243 e. The van der Waals surface area contributed by atoms with Crippen LogP contribution in [-0.4, -0.2) is 95.9 Å². The molecule has 1 N–H and O–H groups in total. The van der Waals surface area contributed by atoms with Gasteiger partial charge in [0.2, 0.25) is 21.9 Å². The molecule has 14 nitrogen and oxygen atoms in total. The van der Waals surface area contributed by atoms with Crippen molar-refractivity contribution in [3.8, 4) is 34.6 Å². The quantitative estimate of drug-likeness (QED) is 0.251. The molecule has 5 rings (SSSR count). The molecule has 1 aliphatic rings. The van der Waals surface area contributed by atoms with Crippen LogP contribution in [0.25, 0.3) is 17.2 Å². The number of ether oxygens (including phenoxy) is 4. The van der Waals surface area contributed by atoms with Crippen molar-refractivity contribution in [3.05, 3.63) is 60.2 Å². The molecule has 0 spiro atoms. The molecule has 0 bridgehead atoms. The van der Waals surface area contributed by atoms with Crippen LogP contribution in [0.2, 0.25) is 0 Å². The lowest BCUT2D eigenvalue weighted by atomic mass is 10.0. The van der Waals surface area contributed by atoms with Crippen molar-refractivity contribution in [1.82, 2.24) is 34.6 Å². The van der Waals surface area contributed by atoms with E-state index in [1.807, 2.05) is 11.8 Å². The minimum Gasteiger partial charge on any atom is -0.494 e. The van der Waals surface area contributed by atoms with E-state index in [1.54, 1.807) is 62.8 Å². The second-order valence-electron chi connectivity index (χ2n) is 9.99. The highest BCUT2D eigenvalue weighted by molar-refractivity contribution is 7.93. The SMILES string of the molecule is COc1cccc(-c2nnc(NS(=O)(=O)[C@H](C)C(c3ncc(C)cn3)N3CC(OC)C3)n2-c2c(OC)cccc2OC)n1. The molecule has 4 aromatic rings. The van der Waals surface area contributed by atoms with Crippen LogP contribution in [0.4, 0.5) is 5.95 Å². The van der Waals surface area contributed by atoms with Crippen molar-refractivity contribution >= 4 is 16.0 Å². The summed E-state index contributed by atoms with van der Waals surface area (Å²) < 4.78 is 54.4. The molecule has 228 valence electrons. The molecule has 0 radical (unpaired) electrons. The molecule has 1 unspecified atom stereocenters. The van der Waals surface area contributed by atoms with Crippen LogP contribution in [0, 0.1) is 6.92 Å². The van der Waals surface area contributed by atoms with Crippen molar-refractivity contribution < 1.29 is 27.4 Å². The van der Waals surface area contributed by atoms with Gasteiger partial charge in [-0.05, 0) is 37.6 Å². The zero-order valence-corrected chi connectivity index (χ0v) is 25.6. The smallest absolute Gasteiger partial charge is 0.243 e. The van der Waals surface area contributed by atoms with Crippen molar-refractivity contribution in [2.75, 3.05) is 46.3 Å². The van der Waals surface area contributed by atoms with Crippen LogP contribution in [0.5, 0.6) is 17.4 Å². The average Bonchev–Trinajstić information content (AvgIpc) is 3.40. The molecular weight excluding hydrogens is 576 g/mol. The minimum absolute atomic E-state index is 0.00478. The number of anilines is 1. The van der Waals surface area contributed by atoms with E-state index in [0.29, 0.717) is 47.7 Å². The van der Waals surface area contributed by atoms with Crippen LogP contribution in [0.3, 0.4) is 0 Å². The van der Waals surface area contributed by atoms with E-state index in [0.717, 1.165) is 5.56 Å². The number of benzene rings is 1. The summed E-state index contributed by atoms with van der Waals surface area (Å²) in [7, 11) is 2.01. The Kier molecular flexibility index (Phi) is 8.75. The maximum atomic E-state index is 14.1. The fraction of sp³-hybridized carbons (Fsp3) is 0.393. The van der Waals surface area contributed by atoms with Crippen LogP contribution in [-0.2, 0) is 14.8 Å². The number of para-hydroxylation sites is 1. The van der Waals surface area contributed by atoms with Gasteiger partial charge in [-0.25, -0.2) is 23.4 Å². The molecule has 0 aliphatic carbocycles. The average molecular weight is 611 g/mol. The zero-order valence-electron chi connectivity index (χ0n) is 24.8. The lowest BCUT2D eigenvalue weighted by Crippen LogP contribution is -2.56. The second-order valence-corrected chi connectivity index (χ2v) is 12.0. The van der Waals surface area contributed by atoms with Gasteiger partial charge in [-0.15, -0.1) is 10.2 Å². The van der Waals surface area contributed by atoms with Gasteiger partial charge < -0.3 is 18.9 Å². The number of aromatic nitrogens is 6. The second kappa shape index (κ2) is 12.5. The number of aryl methyl sites for hydroxylation is 1. The summed E-state index contributed by atoms with van der Waals surface area (Å²) in [5, 5.41) is 7.59. The number of hydrogen-bond donors (Lipinski definition) is 1. The van der Waals surface area contributed by atoms with Gasteiger partial charge in [0.15, 0.2) is 5.82 Å². The van der Waals surface area contributed by atoms with Crippen LogP contribution < -0.4 is 18.9 Å². The number of rotatable bonds is 12. The molecule has 2 atom stereocenters. The van der Waals surface area contributed by atoms with Crippen LogP contribution >= 0.6 is 0 Å². The van der Waals surface area contributed by atoms with Gasteiger partial charge in [-0.1, -0.05) is 12.1 Å². The molecule has 3 aromatic heterocycles. The number of nitrogens with one attached hydrogen (secondary N) is 1. The first-order valence-corrected chi connectivity index (χ1v) is 15.0. The van der Waals surface area contributed by atoms with E-state index in [9.17, 15) is 8.42 Å². The van der Waals surface area contributed by atoms with Crippen LogP contribution in [0.1, 0.15) is 24.4 Å². The van der Waals surface area contributed by atoms with Gasteiger partial charge in [0.25, 0.3) is 0 Å². The first-order valence-electron chi connectivity index (χ1n) is 13.5. The molecule has 1 aromatic carbocycles. The highest BCUT2D eigenvalue weighted by atomic mass is 32.2. The summed E-state index contributed by atoms with van der Waals surface area (Å²) in [6, 6.07) is 9.71. The number of nitrogens with zero attached hydrogens (tertiary/aromatic N) is 7. The molecule has 1 fully saturated rings. The minimum atomic E-state index is -4.13. The van der Waals surface area contributed by atoms with E-state index < -0.39 is 21.3 Å². The van der Waals surface area contributed by atoms with E-state index >= 15 is 0 Å². The van der Waals surface area contributed by atoms with E-state index in [4.69, 9.17) is 18.9 Å². The van der Waals surface area contributed by atoms with Crippen molar-refractivity contribution in [2.45, 2.75) is 31.2 Å². The van der Waals surface area contributed by atoms with Gasteiger partial charge in [-0.2, -0.15) is 0 Å². The highest BCUT2D eigenvalue weighted by Crippen LogP contribution is 2.38. The zero-order chi connectivity index (χ0) is 30.7. The molecule has 1 aliphatic heterocycles. The monoisotopic (exact) mass is 610 g/mol. The van der Waals surface area contributed by atoms with Gasteiger partial charge >= 0.3 is 0 Å². The van der Waals surface area contributed by atoms with Gasteiger partial charge in [0, 0.05) is 38.7 Å². The molecule has 1 saturated heterocycles. The summed E-state index contributed by atoms with van der Waals surface area (Å²) in [5.41, 5.74) is 1.63. The molecule has 43 heavy (non-hydrogen) atoms. The summed E-state index contributed by atoms with van der Waals surface area (Å²) in [4.78, 5) is 15.4. The maximum absolute atomic E-state index is 14.1. The predicted molar refractivity (Wildman–Crippen MR) is 158 cm³/mol. The Morgan fingerprint density at radius 1 is 0.930 bits per heavy atom. The van der Waals surface area contributed by atoms with Gasteiger partial charge in [-0.3, -0.25) is 14.2 Å². The Bertz CT molecular complexity index is 1650. The first kappa shape index (κ1) is 30.1. The highest BCUT2D eigenvalue weighted by Gasteiger charge is 2.43. The molecule has 4 heterocycles. The Labute approximate surface area is 250 Å². The first-order chi connectivity index (χ1) is 20.7.